The normalized spacial score (nSPS) is 18.9. The number of benzene rings is 1. The van der Waals surface area contributed by atoms with Crippen LogP contribution in [0.1, 0.15) is 51.5 Å². The van der Waals surface area contributed by atoms with Crippen molar-refractivity contribution in [3.63, 3.8) is 0 Å². The van der Waals surface area contributed by atoms with Crippen molar-refractivity contribution in [2.45, 2.75) is 46.0 Å². The lowest BCUT2D eigenvalue weighted by Crippen LogP contribution is -2.37. The maximum Gasteiger partial charge on any atom is 0.170 e. The van der Waals surface area contributed by atoms with Gasteiger partial charge < -0.3 is 15.5 Å². The number of likely N-dealkylation sites (tertiary alicyclic amines) is 1. The molecule has 0 bridgehead atoms. The van der Waals surface area contributed by atoms with E-state index in [9.17, 15) is 0 Å². The summed E-state index contributed by atoms with van der Waals surface area (Å²) in [7, 11) is 0. The topological polar surface area (TPSA) is 27.3 Å². The molecule has 1 aromatic carbocycles. The van der Waals surface area contributed by atoms with Crippen molar-refractivity contribution in [1.29, 1.82) is 0 Å². The van der Waals surface area contributed by atoms with Gasteiger partial charge in [-0.15, -0.1) is 0 Å². The number of anilines is 1. The zero-order valence-electron chi connectivity index (χ0n) is 14.8. The molecule has 0 spiro atoms. The van der Waals surface area contributed by atoms with Gasteiger partial charge in [0.25, 0.3) is 0 Å². The zero-order valence-corrected chi connectivity index (χ0v) is 15.6. The van der Waals surface area contributed by atoms with E-state index < -0.39 is 0 Å². The van der Waals surface area contributed by atoms with Gasteiger partial charge in [0.1, 0.15) is 0 Å². The van der Waals surface area contributed by atoms with Crippen LogP contribution < -0.4 is 10.6 Å². The Hall–Kier alpha value is -1.13. The van der Waals surface area contributed by atoms with E-state index in [2.05, 4.69) is 60.6 Å². The standard InChI is InChI=1S/C19H31N3S/c1-15(2)17-7-9-18(10-8-17)21-19(23)20-11-5-13-22-12-4-6-16(3)14-22/h7-10,15-16H,4-6,11-14H2,1-3H3,(H2,20,21,23)/t16-/m1/s1. The molecule has 128 valence electrons. The fourth-order valence-corrected chi connectivity index (χ4v) is 3.34. The summed E-state index contributed by atoms with van der Waals surface area (Å²) in [5.41, 5.74) is 2.40. The highest BCUT2D eigenvalue weighted by molar-refractivity contribution is 7.80. The van der Waals surface area contributed by atoms with E-state index in [-0.39, 0.29) is 0 Å². The summed E-state index contributed by atoms with van der Waals surface area (Å²) < 4.78 is 0. The van der Waals surface area contributed by atoms with Crippen LogP contribution in [0.4, 0.5) is 5.69 Å². The van der Waals surface area contributed by atoms with Gasteiger partial charge in [-0.05, 0) is 74.1 Å². The highest BCUT2D eigenvalue weighted by Gasteiger charge is 2.15. The monoisotopic (exact) mass is 333 g/mol. The Morgan fingerprint density at radius 3 is 2.70 bits per heavy atom. The smallest absolute Gasteiger partial charge is 0.170 e. The van der Waals surface area contributed by atoms with Gasteiger partial charge in [-0.1, -0.05) is 32.9 Å². The molecular formula is C19H31N3S. The van der Waals surface area contributed by atoms with Gasteiger partial charge in [-0.25, -0.2) is 0 Å². The van der Waals surface area contributed by atoms with E-state index >= 15 is 0 Å². The fraction of sp³-hybridized carbons (Fsp3) is 0.632. The van der Waals surface area contributed by atoms with E-state index in [1.54, 1.807) is 0 Å². The van der Waals surface area contributed by atoms with Crippen LogP contribution in [0.25, 0.3) is 0 Å². The average Bonchev–Trinajstić information content (AvgIpc) is 2.52. The highest BCUT2D eigenvalue weighted by Crippen LogP contribution is 2.17. The van der Waals surface area contributed by atoms with Gasteiger partial charge in [-0.2, -0.15) is 0 Å². The summed E-state index contributed by atoms with van der Waals surface area (Å²) in [6.07, 6.45) is 3.88. The number of hydrogen-bond acceptors (Lipinski definition) is 2. The maximum atomic E-state index is 5.37. The minimum absolute atomic E-state index is 0.562. The first-order chi connectivity index (χ1) is 11.0. The summed E-state index contributed by atoms with van der Waals surface area (Å²) in [5.74, 6) is 1.42. The fourth-order valence-electron chi connectivity index (χ4n) is 3.12. The molecule has 3 nitrogen and oxygen atoms in total. The van der Waals surface area contributed by atoms with Gasteiger partial charge >= 0.3 is 0 Å². The Labute approximate surface area is 146 Å². The molecule has 1 heterocycles. The van der Waals surface area contributed by atoms with Crippen molar-refractivity contribution in [1.82, 2.24) is 10.2 Å². The summed E-state index contributed by atoms with van der Waals surface area (Å²) in [5, 5.41) is 7.29. The molecule has 0 radical (unpaired) electrons. The van der Waals surface area contributed by atoms with Crippen LogP contribution in [0.2, 0.25) is 0 Å². The van der Waals surface area contributed by atoms with E-state index in [1.165, 1.54) is 38.0 Å². The van der Waals surface area contributed by atoms with E-state index in [0.717, 1.165) is 24.6 Å². The first-order valence-electron chi connectivity index (χ1n) is 8.91. The molecule has 0 amide bonds. The van der Waals surface area contributed by atoms with E-state index in [1.807, 2.05) is 0 Å². The third kappa shape index (κ3) is 6.48. The quantitative estimate of drug-likeness (QED) is 0.602. The van der Waals surface area contributed by atoms with Gasteiger partial charge in [0.05, 0.1) is 0 Å². The van der Waals surface area contributed by atoms with Gasteiger partial charge in [-0.3, -0.25) is 0 Å². The Bertz CT molecular complexity index is 484. The van der Waals surface area contributed by atoms with Crippen LogP contribution in [0, 0.1) is 5.92 Å². The maximum absolute atomic E-state index is 5.37. The third-order valence-corrected chi connectivity index (χ3v) is 4.76. The summed E-state index contributed by atoms with van der Waals surface area (Å²) >= 11 is 5.37. The SMILES string of the molecule is CC(C)c1ccc(NC(=S)NCCCN2CCC[C@@H](C)C2)cc1. The first kappa shape index (κ1) is 18.2. The molecule has 1 aliphatic heterocycles. The molecule has 23 heavy (non-hydrogen) atoms. The molecular weight excluding hydrogens is 302 g/mol. The number of nitrogens with one attached hydrogen (secondary N) is 2. The molecule has 0 unspecified atom stereocenters. The van der Waals surface area contributed by atoms with Crippen molar-refractivity contribution in [2.75, 3.05) is 31.5 Å². The Morgan fingerprint density at radius 1 is 1.30 bits per heavy atom. The molecule has 1 saturated heterocycles. The summed E-state index contributed by atoms with van der Waals surface area (Å²) in [6, 6.07) is 8.51. The molecule has 2 N–H and O–H groups in total. The predicted molar refractivity (Wildman–Crippen MR) is 104 cm³/mol. The summed E-state index contributed by atoms with van der Waals surface area (Å²) in [6.45, 7) is 11.4. The second-order valence-electron chi connectivity index (χ2n) is 7.06. The molecule has 1 aliphatic rings. The van der Waals surface area contributed by atoms with E-state index in [0.29, 0.717) is 11.0 Å². The molecule has 0 aromatic heterocycles. The van der Waals surface area contributed by atoms with Gasteiger partial charge in [0, 0.05) is 18.8 Å². The largest absolute Gasteiger partial charge is 0.362 e. The second kappa shape index (κ2) is 9.24. The van der Waals surface area contributed by atoms with E-state index in [4.69, 9.17) is 12.2 Å². The molecule has 1 fully saturated rings. The number of hydrogen-bond donors (Lipinski definition) is 2. The highest BCUT2D eigenvalue weighted by atomic mass is 32.1. The number of nitrogens with zero attached hydrogens (tertiary/aromatic N) is 1. The summed E-state index contributed by atoms with van der Waals surface area (Å²) in [4.78, 5) is 2.58. The lowest BCUT2D eigenvalue weighted by molar-refractivity contribution is 0.182. The molecule has 1 atom stereocenters. The molecule has 2 rings (SSSR count). The van der Waals surface area contributed by atoms with Gasteiger partial charge in [0.2, 0.25) is 0 Å². The zero-order chi connectivity index (χ0) is 16.7. The van der Waals surface area contributed by atoms with Crippen molar-refractivity contribution >= 4 is 23.0 Å². The minimum atomic E-state index is 0.562. The van der Waals surface area contributed by atoms with Crippen LogP contribution in [-0.2, 0) is 0 Å². The Balaban J connectivity index is 1.63. The average molecular weight is 334 g/mol. The second-order valence-corrected chi connectivity index (χ2v) is 7.47. The number of thiocarbonyl (C=S) groups is 1. The Kier molecular flexibility index (Phi) is 7.31. The number of piperidine rings is 1. The Morgan fingerprint density at radius 2 is 2.04 bits per heavy atom. The lowest BCUT2D eigenvalue weighted by Gasteiger charge is -2.30. The van der Waals surface area contributed by atoms with Crippen molar-refractivity contribution in [2.24, 2.45) is 5.92 Å². The molecule has 1 aromatic rings. The van der Waals surface area contributed by atoms with Crippen molar-refractivity contribution < 1.29 is 0 Å². The van der Waals surface area contributed by atoms with Crippen molar-refractivity contribution in [3.05, 3.63) is 29.8 Å². The van der Waals surface area contributed by atoms with Crippen LogP contribution >= 0.6 is 12.2 Å². The van der Waals surface area contributed by atoms with Gasteiger partial charge in [0.15, 0.2) is 5.11 Å². The van der Waals surface area contributed by atoms with Crippen LogP contribution in [0.3, 0.4) is 0 Å². The lowest BCUT2D eigenvalue weighted by atomic mass is 10.0. The minimum Gasteiger partial charge on any atom is -0.362 e. The van der Waals surface area contributed by atoms with Crippen LogP contribution in [0.15, 0.2) is 24.3 Å². The number of rotatable bonds is 6. The van der Waals surface area contributed by atoms with Crippen LogP contribution in [-0.4, -0.2) is 36.2 Å². The van der Waals surface area contributed by atoms with Crippen LogP contribution in [0.5, 0.6) is 0 Å². The predicted octanol–water partition coefficient (Wildman–Crippen LogP) is 4.22. The first-order valence-corrected chi connectivity index (χ1v) is 9.32. The van der Waals surface area contributed by atoms with Crippen molar-refractivity contribution in [3.8, 4) is 0 Å². The third-order valence-electron chi connectivity index (χ3n) is 4.51. The molecule has 0 saturated carbocycles. The molecule has 0 aliphatic carbocycles. The molecule has 4 heteroatoms.